The quantitative estimate of drug-likeness (QED) is 0.864. The van der Waals surface area contributed by atoms with Crippen molar-refractivity contribution in [1.29, 1.82) is 0 Å². The van der Waals surface area contributed by atoms with Crippen molar-refractivity contribution in [2.24, 2.45) is 0 Å². The number of nitrogens with one attached hydrogen (secondary N) is 1. The Balaban J connectivity index is 2.28. The minimum atomic E-state index is -0.469. The number of pyridine rings is 1. The summed E-state index contributed by atoms with van der Waals surface area (Å²) in [4.78, 5) is 16.0. The fraction of sp³-hybridized carbons (Fsp3) is 0. The maximum atomic E-state index is 13.1. The molecule has 0 spiro atoms. The second-order valence-electron chi connectivity index (χ2n) is 3.41. The summed E-state index contributed by atoms with van der Waals surface area (Å²) in [7, 11) is 0. The van der Waals surface area contributed by atoms with Gasteiger partial charge in [-0.3, -0.25) is 4.79 Å². The van der Waals surface area contributed by atoms with E-state index in [1.807, 2.05) is 0 Å². The van der Waals surface area contributed by atoms with Gasteiger partial charge in [0, 0.05) is 10.7 Å². The van der Waals surface area contributed by atoms with E-state index in [1.165, 1.54) is 12.1 Å². The number of halogens is 3. The molecule has 0 unspecified atom stereocenters. The Bertz CT molecular complexity index is 604. The van der Waals surface area contributed by atoms with E-state index < -0.39 is 11.7 Å². The first-order chi connectivity index (χ1) is 8.58. The molecule has 0 bridgehead atoms. The summed E-state index contributed by atoms with van der Waals surface area (Å²) in [6, 6.07) is 7.41. The average Bonchev–Trinajstić information content (AvgIpc) is 2.35. The van der Waals surface area contributed by atoms with E-state index >= 15 is 0 Å². The van der Waals surface area contributed by atoms with Crippen LogP contribution in [0.2, 0.25) is 0 Å². The van der Waals surface area contributed by atoms with Crippen LogP contribution in [0.25, 0.3) is 0 Å². The molecule has 1 aromatic carbocycles. The van der Waals surface area contributed by atoms with Gasteiger partial charge in [-0.1, -0.05) is 0 Å². The van der Waals surface area contributed by atoms with Crippen LogP contribution in [-0.2, 0) is 0 Å². The smallest absolute Gasteiger partial charge is 0.258 e. The highest BCUT2D eigenvalue weighted by molar-refractivity contribution is 9.11. The summed E-state index contributed by atoms with van der Waals surface area (Å²) in [5.41, 5.74) is 0.215. The highest BCUT2D eigenvalue weighted by atomic mass is 79.9. The van der Waals surface area contributed by atoms with Gasteiger partial charge >= 0.3 is 0 Å². The van der Waals surface area contributed by atoms with E-state index in [9.17, 15) is 9.18 Å². The molecule has 0 atom stereocenters. The molecule has 0 radical (unpaired) electrons. The predicted octanol–water partition coefficient (Wildman–Crippen LogP) is 4.00. The van der Waals surface area contributed by atoms with E-state index in [0.29, 0.717) is 14.8 Å². The van der Waals surface area contributed by atoms with Crippen molar-refractivity contribution in [2.45, 2.75) is 0 Å². The Morgan fingerprint density at radius 2 is 2.00 bits per heavy atom. The number of hydrogen-bond acceptors (Lipinski definition) is 2. The lowest BCUT2D eigenvalue weighted by Crippen LogP contribution is -2.14. The normalized spacial score (nSPS) is 10.2. The average molecular weight is 374 g/mol. The van der Waals surface area contributed by atoms with Gasteiger partial charge in [0.2, 0.25) is 0 Å². The van der Waals surface area contributed by atoms with E-state index in [2.05, 4.69) is 42.2 Å². The SMILES string of the molecule is O=C(Nc1ncccc1Br)c1cc(F)ccc1Br. The van der Waals surface area contributed by atoms with Gasteiger partial charge in [-0.2, -0.15) is 0 Å². The summed E-state index contributed by atoms with van der Waals surface area (Å²) < 4.78 is 14.3. The van der Waals surface area contributed by atoms with Crippen LogP contribution >= 0.6 is 31.9 Å². The summed E-state index contributed by atoms with van der Waals surface area (Å²) in [5, 5.41) is 2.60. The molecule has 0 aliphatic rings. The Morgan fingerprint density at radius 1 is 1.22 bits per heavy atom. The van der Waals surface area contributed by atoms with Crippen LogP contribution in [0, 0.1) is 5.82 Å². The number of aromatic nitrogens is 1. The molecule has 0 aliphatic heterocycles. The van der Waals surface area contributed by atoms with Crippen LogP contribution in [0.3, 0.4) is 0 Å². The molecule has 0 fully saturated rings. The molecule has 1 heterocycles. The lowest BCUT2D eigenvalue weighted by molar-refractivity contribution is 0.102. The van der Waals surface area contributed by atoms with Crippen LogP contribution in [-0.4, -0.2) is 10.9 Å². The molecule has 0 saturated heterocycles. The Hall–Kier alpha value is -1.27. The minimum absolute atomic E-state index is 0.215. The molecule has 0 aliphatic carbocycles. The Labute approximate surface area is 120 Å². The second kappa shape index (κ2) is 5.58. The monoisotopic (exact) mass is 372 g/mol. The third kappa shape index (κ3) is 2.94. The highest BCUT2D eigenvalue weighted by Crippen LogP contribution is 2.22. The van der Waals surface area contributed by atoms with Gasteiger partial charge < -0.3 is 5.32 Å². The number of carbonyl (C=O) groups excluding carboxylic acids is 1. The third-order valence-electron chi connectivity index (χ3n) is 2.16. The molecule has 2 rings (SSSR count). The summed E-state index contributed by atoms with van der Waals surface area (Å²) in [5.74, 6) is -0.511. The van der Waals surface area contributed by atoms with Crippen molar-refractivity contribution < 1.29 is 9.18 Å². The van der Waals surface area contributed by atoms with Gasteiger partial charge in [-0.25, -0.2) is 9.37 Å². The first-order valence-corrected chi connectivity index (χ1v) is 6.53. The van der Waals surface area contributed by atoms with Crippen LogP contribution in [0.1, 0.15) is 10.4 Å². The topological polar surface area (TPSA) is 42.0 Å². The first-order valence-electron chi connectivity index (χ1n) is 4.95. The number of amides is 1. The van der Waals surface area contributed by atoms with Crippen LogP contribution in [0.5, 0.6) is 0 Å². The van der Waals surface area contributed by atoms with Gasteiger partial charge in [0.05, 0.1) is 10.0 Å². The Kier molecular flexibility index (Phi) is 4.08. The molecule has 1 amide bonds. The van der Waals surface area contributed by atoms with Crippen molar-refractivity contribution in [3.05, 3.63) is 56.9 Å². The number of carbonyl (C=O) groups is 1. The zero-order chi connectivity index (χ0) is 13.1. The van der Waals surface area contributed by atoms with E-state index in [-0.39, 0.29) is 5.56 Å². The molecular formula is C12H7Br2FN2O. The van der Waals surface area contributed by atoms with Crippen LogP contribution in [0.4, 0.5) is 10.2 Å². The molecular weight excluding hydrogens is 367 g/mol. The first kappa shape index (κ1) is 13.2. The van der Waals surface area contributed by atoms with Gasteiger partial charge in [0.15, 0.2) is 0 Å². The molecule has 18 heavy (non-hydrogen) atoms. The minimum Gasteiger partial charge on any atom is -0.306 e. The molecule has 1 N–H and O–H groups in total. The van der Waals surface area contributed by atoms with Crippen LogP contribution in [0.15, 0.2) is 45.5 Å². The van der Waals surface area contributed by atoms with Crippen molar-refractivity contribution >= 4 is 43.6 Å². The molecule has 0 saturated carbocycles. The summed E-state index contributed by atoms with van der Waals surface area (Å²) in [6.45, 7) is 0. The zero-order valence-corrected chi connectivity index (χ0v) is 12.1. The number of rotatable bonds is 2. The van der Waals surface area contributed by atoms with E-state index in [4.69, 9.17) is 0 Å². The maximum Gasteiger partial charge on any atom is 0.258 e. The highest BCUT2D eigenvalue weighted by Gasteiger charge is 2.13. The van der Waals surface area contributed by atoms with Gasteiger partial charge in [-0.15, -0.1) is 0 Å². The standard InChI is InChI=1S/C12H7Br2FN2O/c13-9-4-3-7(15)6-8(9)12(18)17-11-10(14)2-1-5-16-11/h1-6H,(H,16,17,18). The Morgan fingerprint density at radius 3 is 2.72 bits per heavy atom. The van der Waals surface area contributed by atoms with E-state index in [1.54, 1.807) is 18.3 Å². The van der Waals surface area contributed by atoms with Gasteiger partial charge in [-0.05, 0) is 62.2 Å². The number of anilines is 1. The van der Waals surface area contributed by atoms with Crippen molar-refractivity contribution in [1.82, 2.24) is 4.98 Å². The fourth-order valence-electron chi connectivity index (χ4n) is 1.32. The lowest BCUT2D eigenvalue weighted by atomic mass is 10.2. The molecule has 2 aromatic rings. The van der Waals surface area contributed by atoms with Crippen LogP contribution < -0.4 is 5.32 Å². The predicted molar refractivity (Wildman–Crippen MR) is 74.0 cm³/mol. The zero-order valence-electron chi connectivity index (χ0n) is 8.95. The number of hydrogen-bond donors (Lipinski definition) is 1. The van der Waals surface area contributed by atoms with Crippen molar-refractivity contribution in [2.75, 3.05) is 5.32 Å². The van der Waals surface area contributed by atoms with Crippen molar-refractivity contribution in [3.8, 4) is 0 Å². The van der Waals surface area contributed by atoms with Crippen molar-refractivity contribution in [3.63, 3.8) is 0 Å². The molecule has 3 nitrogen and oxygen atoms in total. The lowest BCUT2D eigenvalue weighted by Gasteiger charge is -2.07. The van der Waals surface area contributed by atoms with Gasteiger partial charge in [0.25, 0.3) is 5.91 Å². The fourth-order valence-corrected chi connectivity index (χ4v) is 2.10. The number of nitrogens with zero attached hydrogens (tertiary/aromatic N) is 1. The van der Waals surface area contributed by atoms with E-state index in [0.717, 1.165) is 6.07 Å². The van der Waals surface area contributed by atoms with Gasteiger partial charge in [0.1, 0.15) is 11.6 Å². The number of benzene rings is 1. The molecule has 1 aromatic heterocycles. The summed E-state index contributed by atoms with van der Waals surface area (Å²) >= 11 is 6.47. The third-order valence-corrected chi connectivity index (χ3v) is 3.49. The summed E-state index contributed by atoms with van der Waals surface area (Å²) in [6.07, 6.45) is 1.56. The molecule has 6 heteroatoms. The second-order valence-corrected chi connectivity index (χ2v) is 5.12. The largest absolute Gasteiger partial charge is 0.306 e. The molecule has 92 valence electrons. The maximum absolute atomic E-state index is 13.1.